The summed E-state index contributed by atoms with van der Waals surface area (Å²) in [6, 6.07) is 0. The lowest BCUT2D eigenvalue weighted by Crippen LogP contribution is -2.04. The summed E-state index contributed by atoms with van der Waals surface area (Å²) in [5, 5.41) is 0. The third kappa shape index (κ3) is 0.971. The van der Waals surface area contributed by atoms with Gasteiger partial charge in [0.05, 0.1) is 13.0 Å². The van der Waals surface area contributed by atoms with Gasteiger partial charge in [0.25, 0.3) is 0 Å². The Hall–Kier alpha value is -0.790. The molecule has 0 bridgehead atoms. The predicted molar refractivity (Wildman–Crippen MR) is 40.9 cm³/mol. The third-order valence-corrected chi connectivity index (χ3v) is 2.79. The first-order chi connectivity index (χ1) is 5.34. The van der Waals surface area contributed by atoms with Gasteiger partial charge in [-0.15, -0.1) is 0 Å². The standard InChI is InChI=1S/C9H12O2/c1-11-9(10)8-6-4-2-3-5-7(6)8/h2-3,6-8H,4-5H2,1H3. The van der Waals surface area contributed by atoms with Crippen molar-refractivity contribution in [2.75, 3.05) is 7.11 Å². The van der Waals surface area contributed by atoms with Crippen molar-refractivity contribution >= 4 is 5.97 Å². The smallest absolute Gasteiger partial charge is 0.309 e. The van der Waals surface area contributed by atoms with Crippen molar-refractivity contribution in [3.63, 3.8) is 0 Å². The van der Waals surface area contributed by atoms with Crippen molar-refractivity contribution in [3.8, 4) is 0 Å². The summed E-state index contributed by atoms with van der Waals surface area (Å²) in [5.74, 6) is 1.42. The van der Waals surface area contributed by atoms with E-state index in [4.69, 9.17) is 4.74 Å². The molecule has 2 aliphatic rings. The molecule has 0 saturated heterocycles. The molecule has 1 saturated carbocycles. The van der Waals surface area contributed by atoms with E-state index in [1.165, 1.54) is 7.11 Å². The fourth-order valence-corrected chi connectivity index (χ4v) is 2.08. The normalized spacial score (nSPS) is 39.5. The van der Waals surface area contributed by atoms with E-state index in [1.807, 2.05) is 0 Å². The van der Waals surface area contributed by atoms with Crippen LogP contribution in [0, 0.1) is 17.8 Å². The van der Waals surface area contributed by atoms with Crippen molar-refractivity contribution in [2.45, 2.75) is 12.8 Å². The molecule has 0 aromatic heterocycles. The summed E-state index contributed by atoms with van der Waals surface area (Å²) in [6.45, 7) is 0. The number of hydrogen-bond donors (Lipinski definition) is 0. The predicted octanol–water partition coefficient (Wildman–Crippen LogP) is 1.37. The van der Waals surface area contributed by atoms with Gasteiger partial charge in [0.1, 0.15) is 0 Å². The lowest BCUT2D eigenvalue weighted by atomic mass is 10.1. The van der Waals surface area contributed by atoms with Crippen LogP contribution in [0.25, 0.3) is 0 Å². The molecule has 11 heavy (non-hydrogen) atoms. The van der Waals surface area contributed by atoms with Crippen LogP contribution in [-0.2, 0) is 9.53 Å². The Bertz CT molecular complexity index is 194. The Morgan fingerprint density at radius 3 is 2.36 bits per heavy atom. The molecule has 2 heteroatoms. The molecule has 0 aromatic rings. The largest absolute Gasteiger partial charge is 0.469 e. The second-order valence-corrected chi connectivity index (χ2v) is 3.32. The fourth-order valence-electron chi connectivity index (χ4n) is 2.08. The highest BCUT2D eigenvalue weighted by molar-refractivity contribution is 5.76. The van der Waals surface area contributed by atoms with E-state index in [2.05, 4.69) is 12.2 Å². The van der Waals surface area contributed by atoms with Gasteiger partial charge < -0.3 is 4.74 Å². The molecule has 60 valence electrons. The second kappa shape index (κ2) is 2.36. The molecule has 0 amide bonds. The number of fused-ring (bicyclic) bond motifs is 1. The van der Waals surface area contributed by atoms with Crippen LogP contribution in [0.4, 0.5) is 0 Å². The molecule has 1 fully saturated rings. The zero-order chi connectivity index (χ0) is 7.84. The molecule has 2 unspecified atom stereocenters. The van der Waals surface area contributed by atoms with Gasteiger partial charge in [0.2, 0.25) is 0 Å². The summed E-state index contributed by atoms with van der Waals surface area (Å²) < 4.78 is 4.70. The number of allylic oxidation sites excluding steroid dienone is 2. The van der Waals surface area contributed by atoms with Crippen LogP contribution in [0.5, 0.6) is 0 Å². The Morgan fingerprint density at radius 2 is 1.91 bits per heavy atom. The Labute approximate surface area is 66.2 Å². The summed E-state index contributed by atoms with van der Waals surface area (Å²) in [6.07, 6.45) is 6.49. The minimum Gasteiger partial charge on any atom is -0.469 e. The van der Waals surface area contributed by atoms with Gasteiger partial charge in [0.15, 0.2) is 0 Å². The highest BCUT2D eigenvalue weighted by Crippen LogP contribution is 2.53. The summed E-state index contributed by atoms with van der Waals surface area (Å²) in [5.41, 5.74) is 0. The molecule has 0 radical (unpaired) electrons. The molecule has 0 aromatic carbocycles. The average molecular weight is 152 g/mol. The van der Waals surface area contributed by atoms with Crippen LogP contribution in [0.3, 0.4) is 0 Å². The average Bonchev–Trinajstić information content (AvgIpc) is 2.77. The van der Waals surface area contributed by atoms with Gasteiger partial charge in [0, 0.05) is 0 Å². The maximum absolute atomic E-state index is 11.1. The van der Waals surface area contributed by atoms with Crippen molar-refractivity contribution in [3.05, 3.63) is 12.2 Å². The summed E-state index contributed by atoms with van der Waals surface area (Å²) in [4.78, 5) is 11.1. The van der Waals surface area contributed by atoms with E-state index < -0.39 is 0 Å². The van der Waals surface area contributed by atoms with Crippen LogP contribution in [0.2, 0.25) is 0 Å². The highest BCUT2D eigenvalue weighted by atomic mass is 16.5. The van der Waals surface area contributed by atoms with Gasteiger partial charge in [-0.3, -0.25) is 4.79 Å². The minimum absolute atomic E-state index is 0.0105. The van der Waals surface area contributed by atoms with Gasteiger partial charge in [-0.05, 0) is 24.7 Å². The summed E-state index contributed by atoms with van der Waals surface area (Å²) >= 11 is 0. The van der Waals surface area contributed by atoms with Crippen LogP contribution >= 0.6 is 0 Å². The minimum atomic E-state index is -0.0105. The first-order valence-electron chi connectivity index (χ1n) is 4.07. The second-order valence-electron chi connectivity index (χ2n) is 3.32. The number of ether oxygens (including phenoxy) is 1. The van der Waals surface area contributed by atoms with Crippen LogP contribution in [0.15, 0.2) is 12.2 Å². The zero-order valence-corrected chi connectivity index (χ0v) is 6.62. The topological polar surface area (TPSA) is 26.3 Å². The van der Waals surface area contributed by atoms with Crippen molar-refractivity contribution < 1.29 is 9.53 Å². The van der Waals surface area contributed by atoms with Crippen molar-refractivity contribution in [1.82, 2.24) is 0 Å². The SMILES string of the molecule is COC(=O)C1C2CC=CCC21. The van der Waals surface area contributed by atoms with Crippen LogP contribution in [0.1, 0.15) is 12.8 Å². The Morgan fingerprint density at radius 1 is 1.36 bits per heavy atom. The zero-order valence-electron chi connectivity index (χ0n) is 6.62. The van der Waals surface area contributed by atoms with E-state index in [-0.39, 0.29) is 11.9 Å². The van der Waals surface area contributed by atoms with E-state index in [9.17, 15) is 4.79 Å². The van der Waals surface area contributed by atoms with E-state index >= 15 is 0 Å². The molecule has 2 atom stereocenters. The highest BCUT2D eigenvalue weighted by Gasteiger charge is 2.54. The number of hydrogen-bond acceptors (Lipinski definition) is 2. The molecule has 0 aliphatic heterocycles. The van der Waals surface area contributed by atoms with Crippen LogP contribution < -0.4 is 0 Å². The van der Waals surface area contributed by atoms with Gasteiger partial charge >= 0.3 is 5.97 Å². The molecule has 0 spiro atoms. The molecular weight excluding hydrogens is 140 g/mol. The van der Waals surface area contributed by atoms with Crippen molar-refractivity contribution in [2.24, 2.45) is 17.8 Å². The van der Waals surface area contributed by atoms with E-state index in [0.717, 1.165) is 12.8 Å². The monoisotopic (exact) mass is 152 g/mol. The van der Waals surface area contributed by atoms with E-state index in [1.54, 1.807) is 0 Å². The third-order valence-electron chi connectivity index (χ3n) is 2.79. The lowest BCUT2D eigenvalue weighted by Gasteiger charge is -1.96. The van der Waals surface area contributed by atoms with Crippen LogP contribution in [-0.4, -0.2) is 13.1 Å². The number of carbonyl (C=O) groups excluding carboxylic acids is 1. The summed E-state index contributed by atoms with van der Waals surface area (Å²) in [7, 11) is 1.47. The Kier molecular flexibility index (Phi) is 1.48. The molecule has 0 N–H and O–H groups in total. The lowest BCUT2D eigenvalue weighted by molar-refractivity contribution is -0.142. The molecule has 2 nitrogen and oxygen atoms in total. The number of carbonyl (C=O) groups is 1. The maximum atomic E-state index is 11.1. The Balaban J connectivity index is 1.98. The molecular formula is C9H12O2. The van der Waals surface area contributed by atoms with E-state index in [0.29, 0.717) is 11.8 Å². The van der Waals surface area contributed by atoms with Gasteiger partial charge in [-0.1, -0.05) is 12.2 Å². The maximum Gasteiger partial charge on any atom is 0.309 e. The first-order valence-corrected chi connectivity index (χ1v) is 4.07. The molecule has 2 aliphatic carbocycles. The quantitative estimate of drug-likeness (QED) is 0.419. The number of rotatable bonds is 1. The number of methoxy groups -OCH3 is 1. The van der Waals surface area contributed by atoms with Gasteiger partial charge in [-0.25, -0.2) is 0 Å². The molecule has 0 heterocycles. The first kappa shape index (κ1) is 6.89. The van der Waals surface area contributed by atoms with Crippen molar-refractivity contribution in [1.29, 1.82) is 0 Å². The van der Waals surface area contributed by atoms with Gasteiger partial charge in [-0.2, -0.15) is 0 Å². The fraction of sp³-hybridized carbons (Fsp3) is 0.667. The number of esters is 1. The molecule has 2 rings (SSSR count).